The van der Waals surface area contributed by atoms with Crippen LogP contribution in [0.2, 0.25) is 0 Å². The summed E-state index contributed by atoms with van der Waals surface area (Å²) in [6, 6.07) is 16.2. The van der Waals surface area contributed by atoms with Gasteiger partial charge in [0.15, 0.2) is 0 Å². The van der Waals surface area contributed by atoms with Crippen molar-refractivity contribution in [1.82, 2.24) is 9.62 Å². The molecule has 6 nitrogen and oxygen atoms in total. The number of anilines is 1. The molecule has 0 aliphatic heterocycles. The SMILES string of the molecule is CC(NC(=O)CN(c1ccccc1Br)S(=O)(=O)N(C)C)c1ccccc1. The third-order valence-corrected chi connectivity index (χ3v) is 6.30. The van der Waals surface area contributed by atoms with E-state index in [9.17, 15) is 13.2 Å². The highest BCUT2D eigenvalue weighted by molar-refractivity contribution is 9.10. The third-order valence-electron chi connectivity index (χ3n) is 3.83. The lowest BCUT2D eigenvalue weighted by molar-refractivity contribution is -0.120. The van der Waals surface area contributed by atoms with Gasteiger partial charge in [0.25, 0.3) is 0 Å². The standard InChI is InChI=1S/C18H22BrN3O3S/c1-14(15-9-5-4-6-10-15)20-18(23)13-22(26(24,25)21(2)3)17-12-8-7-11-16(17)19/h4-12,14H,13H2,1-3H3,(H,20,23). The Morgan fingerprint density at radius 3 is 2.23 bits per heavy atom. The minimum absolute atomic E-state index is 0.230. The number of nitrogens with one attached hydrogen (secondary N) is 1. The fourth-order valence-electron chi connectivity index (χ4n) is 2.38. The van der Waals surface area contributed by atoms with Crippen molar-refractivity contribution in [3.63, 3.8) is 0 Å². The van der Waals surface area contributed by atoms with Crippen LogP contribution in [0.1, 0.15) is 18.5 Å². The maximum absolute atomic E-state index is 12.7. The quantitative estimate of drug-likeness (QED) is 0.720. The molecule has 1 unspecified atom stereocenters. The number of amides is 1. The van der Waals surface area contributed by atoms with Gasteiger partial charge >= 0.3 is 10.2 Å². The predicted molar refractivity (Wildman–Crippen MR) is 107 cm³/mol. The summed E-state index contributed by atoms with van der Waals surface area (Å²) < 4.78 is 28.2. The lowest BCUT2D eigenvalue weighted by Gasteiger charge is -2.28. The summed E-state index contributed by atoms with van der Waals surface area (Å²) in [5.74, 6) is -0.387. The Morgan fingerprint density at radius 2 is 1.65 bits per heavy atom. The van der Waals surface area contributed by atoms with Crippen molar-refractivity contribution in [3.05, 3.63) is 64.6 Å². The average Bonchev–Trinajstić information content (AvgIpc) is 2.61. The topological polar surface area (TPSA) is 69.7 Å². The van der Waals surface area contributed by atoms with Gasteiger partial charge in [0, 0.05) is 18.6 Å². The largest absolute Gasteiger partial charge is 0.348 e. The van der Waals surface area contributed by atoms with Gasteiger partial charge in [0.05, 0.1) is 11.7 Å². The van der Waals surface area contributed by atoms with Gasteiger partial charge in [0.1, 0.15) is 6.54 Å². The second kappa shape index (κ2) is 8.66. The van der Waals surface area contributed by atoms with Gasteiger partial charge in [-0.1, -0.05) is 42.5 Å². The van der Waals surface area contributed by atoms with Crippen molar-refractivity contribution >= 4 is 37.7 Å². The van der Waals surface area contributed by atoms with E-state index in [0.717, 1.165) is 14.2 Å². The molecule has 0 radical (unpaired) electrons. The summed E-state index contributed by atoms with van der Waals surface area (Å²) in [6.45, 7) is 1.54. The molecule has 0 heterocycles. The van der Waals surface area contributed by atoms with E-state index >= 15 is 0 Å². The van der Waals surface area contributed by atoms with Crippen LogP contribution in [0.5, 0.6) is 0 Å². The number of nitrogens with zero attached hydrogens (tertiary/aromatic N) is 2. The zero-order valence-corrected chi connectivity index (χ0v) is 17.3. The Labute approximate surface area is 163 Å². The number of benzene rings is 2. The molecule has 0 saturated heterocycles. The highest BCUT2D eigenvalue weighted by Gasteiger charge is 2.29. The van der Waals surface area contributed by atoms with Crippen molar-refractivity contribution in [2.75, 3.05) is 24.9 Å². The molecule has 0 bridgehead atoms. The molecule has 8 heteroatoms. The van der Waals surface area contributed by atoms with Crippen LogP contribution >= 0.6 is 15.9 Å². The number of hydrogen-bond acceptors (Lipinski definition) is 3. The molecule has 0 fully saturated rings. The predicted octanol–water partition coefficient (Wildman–Crippen LogP) is 2.94. The van der Waals surface area contributed by atoms with E-state index in [2.05, 4.69) is 21.2 Å². The van der Waals surface area contributed by atoms with E-state index in [1.807, 2.05) is 37.3 Å². The number of carbonyl (C=O) groups excluding carboxylic acids is 1. The zero-order valence-electron chi connectivity index (χ0n) is 14.9. The van der Waals surface area contributed by atoms with Crippen molar-refractivity contribution in [2.24, 2.45) is 0 Å². The maximum Gasteiger partial charge on any atom is 0.304 e. The molecule has 1 atom stereocenters. The molecule has 0 aromatic heterocycles. The first-order valence-electron chi connectivity index (χ1n) is 8.02. The molecule has 140 valence electrons. The molecule has 0 spiro atoms. The second-order valence-corrected chi connectivity index (χ2v) is 8.87. The first-order valence-corrected chi connectivity index (χ1v) is 10.2. The van der Waals surface area contributed by atoms with Gasteiger partial charge in [-0.2, -0.15) is 12.7 Å². The summed E-state index contributed by atoms with van der Waals surface area (Å²) in [6.07, 6.45) is 0. The number of rotatable bonds is 7. The molecule has 26 heavy (non-hydrogen) atoms. The van der Waals surface area contributed by atoms with E-state index < -0.39 is 10.2 Å². The second-order valence-electron chi connectivity index (χ2n) is 5.95. The minimum Gasteiger partial charge on any atom is -0.348 e. The van der Waals surface area contributed by atoms with Crippen LogP contribution in [-0.4, -0.2) is 39.3 Å². The maximum atomic E-state index is 12.7. The highest BCUT2D eigenvalue weighted by Crippen LogP contribution is 2.28. The van der Waals surface area contributed by atoms with Gasteiger partial charge in [-0.05, 0) is 40.5 Å². The van der Waals surface area contributed by atoms with Gasteiger partial charge < -0.3 is 5.32 Å². The summed E-state index contributed by atoms with van der Waals surface area (Å²) in [5.41, 5.74) is 1.35. The lowest BCUT2D eigenvalue weighted by Crippen LogP contribution is -2.46. The molecule has 2 rings (SSSR count). The first kappa shape index (κ1) is 20.4. The normalized spacial score (nSPS) is 12.7. The summed E-state index contributed by atoms with van der Waals surface area (Å²) >= 11 is 3.36. The minimum atomic E-state index is -3.83. The van der Waals surface area contributed by atoms with Crippen LogP contribution in [0.3, 0.4) is 0 Å². The van der Waals surface area contributed by atoms with Crippen molar-refractivity contribution < 1.29 is 13.2 Å². The summed E-state index contributed by atoms with van der Waals surface area (Å²) in [7, 11) is -0.966. The van der Waals surface area contributed by atoms with E-state index in [0.29, 0.717) is 10.2 Å². The molecule has 0 saturated carbocycles. The number of carbonyl (C=O) groups is 1. The first-order chi connectivity index (χ1) is 12.2. The Balaban J connectivity index is 2.25. The van der Waals surface area contributed by atoms with Gasteiger partial charge in [0.2, 0.25) is 5.91 Å². The Bertz CT molecular complexity index is 857. The van der Waals surface area contributed by atoms with Gasteiger partial charge in [-0.15, -0.1) is 0 Å². The van der Waals surface area contributed by atoms with Gasteiger partial charge in [-0.25, -0.2) is 4.31 Å². The molecule has 1 N–H and O–H groups in total. The zero-order chi connectivity index (χ0) is 19.3. The van der Waals surface area contributed by atoms with Crippen molar-refractivity contribution in [1.29, 1.82) is 0 Å². The Morgan fingerprint density at radius 1 is 1.08 bits per heavy atom. The molecule has 2 aromatic rings. The lowest BCUT2D eigenvalue weighted by atomic mass is 10.1. The fraction of sp³-hybridized carbons (Fsp3) is 0.278. The third kappa shape index (κ3) is 4.84. The van der Waals surface area contributed by atoms with Crippen LogP contribution in [0.15, 0.2) is 59.1 Å². The molecule has 0 aliphatic carbocycles. The van der Waals surface area contributed by atoms with Crippen LogP contribution in [0, 0.1) is 0 Å². The summed E-state index contributed by atoms with van der Waals surface area (Å²) in [5, 5.41) is 2.85. The van der Waals surface area contributed by atoms with E-state index in [1.165, 1.54) is 14.1 Å². The number of halogens is 1. The van der Waals surface area contributed by atoms with Gasteiger partial charge in [-0.3, -0.25) is 4.79 Å². The molecule has 2 aromatic carbocycles. The number of hydrogen-bond donors (Lipinski definition) is 1. The number of para-hydroxylation sites is 1. The van der Waals surface area contributed by atoms with E-state index in [4.69, 9.17) is 0 Å². The molecule has 0 aliphatic rings. The smallest absolute Gasteiger partial charge is 0.304 e. The van der Waals surface area contributed by atoms with Crippen LogP contribution in [-0.2, 0) is 15.0 Å². The Kier molecular flexibility index (Phi) is 6.80. The molecule has 1 amide bonds. The Hall–Kier alpha value is -1.90. The van der Waals surface area contributed by atoms with Crippen LogP contribution < -0.4 is 9.62 Å². The van der Waals surface area contributed by atoms with Crippen LogP contribution in [0.4, 0.5) is 5.69 Å². The fourth-order valence-corrected chi connectivity index (χ4v) is 4.08. The van der Waals surface area contributed by atoms with E-state index in [-0.39, 0.29) is 18.5 Å². The van der Waals surface area contributed by atoms with Crippen LogP contribution in [0.25, 0.3) is 0 Å². The highest BCUT2D eigenvalue weighted by atomic mass is 79.9. The average molecular weight is 440 g/mol. The van der Waals surface area contributed by atoms with Crippen molar-refractivity contribution in [3.8, 4) is 0 Å². The van der Waals surface area contributed by atoms with Crippen molar-refractivity contribution in [2.45, 2.75) is 13.0 Å². The van der Waals surface area contributed by atoms with E-state index in [1.54, 1.807) is 24.3 Å². The molecular formula is C18H22BrN3O3S. The monoisotopic (exact) mass is 439 g/mol. The summed E-state index contributed by atoms with van der Waals surface area (Å²) in [4.78, 5) is 12.5. The molecular weight excluding hydrogens is 418 g/mol.